The first kappa shape index (κ1) is 21.1. The van der Waals surface area contributed by atoms with Gasteiger partial charge in [-0.25, -0.2) is 4.98 Å². The predicted molar refractivity (Wildman–Crippen MR) is 124 cm³/mol. The number of methoxy groups -OCH3 is 1. The molecule has 0 aliphatic carbocycles. The molecule has 1 aliphatic heterocycles. The lowest BCUT2D eigenvalue weighted by Crippen LogP contribution is -2.40. The number of piperidine rings is 1. The van der Waals surface area contributed by atoms with Crippen LogP contribution in [0.25, 0.3) is 5.13 Å². The summed E-state index contributed by atoms with van der Waals surface area (Å²) in [6.07, 6.45) is 7.72. The first-order valence-corrected chi connectivity index (χ1v) is 11.7. The summed E-state index contributed by atoms with van der Waals surface area (Å²) in [5, 5.41) is 3.08. The van der Waals surface area contributed by atoms with Gasteiger partial charge in [0, 0.05) is 49.6 Å². The molecule has 1 unspecified atom stereocenters. The zero-order valence-electron chi connectivity index (χ0n) is 18.0. The third-order valence-electron chi connectivity index (χ3n) is 5.94. The third kappa shape index (κ3) is 5.50. The van der Waals surface area contributed by atoms with E-state index in [9.17, 15) is 0 Å². The SMILES string of the molecule is COc1ccc(CCN2CCCC(CN(C)Cc3cccn3-c3nccs3)C2)cc1. The zero-order chi connectivity index (χ0) is 20.8. The molecule has 0 bridgehead atoms. The Hall–Kier alpha value is -2.15. The summed E-state index contributed by atoms with van der Waals surface area (Å²) >= 11 is 1.68. The highest BCUT2D eigenvalue weighted by Crippen LogP contribution is 2.21. The third-order valence-corrected chi connectivity index (χ3v) is 6.71. The highest BCUT2D eigenvalue weighted by molar-refractivity contribution is 7.12. The van der Waals surface area contributed by atoms with Crippen LogP contribution in [-0.4, -0.2) is 59.7 Å². The Morgan fingerprint density at radius 1 is 1.23 bits per heavy atom. The van der Waals surface area contributed by atoms with E-state index in [2.05, 4.69) is 69.0 Å². The van der Waals surface area contributed by atoms with E-state index in [0.717, 1.165) is 42.9 Å². The summed E-state index contributed by atoms with van der Waals surface area (Å²) in [4.78, 5) is 9.57. The van der Waals surface area contributed by atoms with E-state index in [-0.39, 0.29) is 0 Å². The molecule has 1 atom stereocenters. The van der Waals surface area contributed by atoms with Gasteiger partial charge in [-0.05, 0) is 68.6 Å². The van der Waals surface area contributed by atoms with Crippen molar-refractivity contribution in [1.82, 2.24) is 19.4 Å². The molecule has 3 heterocycles. The molecule has 1 aromatic carbocycles. The van der Waals surface area contributed by atoms with Crippen molar-refractivity contribution in [3.8, 4) is 10.9 Å². The molecule has 1 aliphatic rings. The summed E-state index contributed by atoms with van der Waals surface area (Å²) < 4.78 is 7.47. The molecule has 4 rings (SSSR count). The summed E-state index contributed by atoms with van der Waals surface area (Å²) in [6.45, 7) is 5.66. The first-order chi connectivity index (χ1) is 14.7. The van der Waals surface area contributed by atoms with Gasteiger partial charge in [-0.3, -0.25) is 4.57 Å². The molecule has 1 saturated heterocycles. The fourth-order valence-corrected chi connectivity index (χ4v) is 5.09. The number of rotatable bonds is 9. The average Bonchev–Trinajstić information content (AvgIpc) is 3.44. The van der Waals surface area contributed by atoms with Crippen LogP contribution < -0.4 is 4.74 Å². The molecular formula is C24H32N4OS. The molecule has 0 radical (unpaired) electrons. The number of aromatic nitrogens is 2. The minimum atomic E-state index is 0.739. The number of thiazole rings is 1. The second-order valence-electron chi connectivity index (χ2n) is 8.29. The maximum absolute atomic E-state index is 5.26. The van der Waals surface area contributed by atoms with Gasteiger partial charge in [-0.15, -0.1) is 11.3 Å². The van der Waals surface area contributed by atoms with Crippen LogP contribution in [0.1, 0.15) is 24.1 Å². The molecule has 3 aromatic rings. The van der Waals surface area contributed by atoms with E-state index in [0.29, 0.717) is 0 Å². The Balaban J connectivity index is 1.26. The van der Waals surface area contributed by atoms with Crippen LogP contribution in [0.4, 0.5) is 0 Å². The van der Waals surface area contributed by atoms with E-state index in [1.807, 2.05) is 11.6 Å². The van der Waals surface area contributed by atoms with Crippen molar-refractivity contribution in [2.45, 2.75) is 25.8 Å². The number of nitrogens with zero attached hydrogens (tertiary/aromatic N) is 4. The van der Waals surface area contributed by atoms with Crippen LogP contribution in [0.2, 0.25) is 0 Å². The van der Waals surface area contributed by atoms with Gasteiger partial charge in [0.15, 0.2) is 5.13 Å². The molecule has 2 aromatic heterocycles. The fourth-order valence-electron chi connectivity index (χ4n) is 4.43. The molecule has 0 spiro atoms. The summed E-state index contributed by atoms with van der Waals surface area (Å²) in [7, 11) is 3.96. The van der Waals surface area contributed by atoms with Crippen molar-refractivity contribution >= 4 is 11.3 Å². The second-order valence-corrected chi connectivity index (χ2v) is 9.16. The molecule has 0 amide bonds. The number of hydrogen-bond donors (Lipinski definition) is 0. The van der Waals surface area contributed by atoms with Crippen LogP contribution in [0.15, 0.2) is 54.2 Å². The van der Waals surface area contributed by atoms with Crippen LogP contribution >= 0.6 is 11.3 Å². The van der Waals surface area contributed by atoms with Gasteiger partial charge in [0.05, 0.1) is 7.11 Å². The minimum Gasteiger partial charge on any atom is -0.497 e. The molecule has 30 heavy (non-hydrogen) atoms. The van der Waals surface area contributed by atoms with E-state index >= 15 is 0 Å². The highest BCUT2D eigenvalue weighted by atomic mass is 32.1. The highest BCUT2D eigenvalue weighted by Gasteiger charge is 2.21. The zero-order valence-corrected chi connectivity index (χ0v) is 18.9. The number of likely N-dealkylation sites (tertiary alicyclic amines) is 1. The molecule has 160 valence electrons. The summed E-state index contributed by atoms with van der Waals surface area (Å²) in [5.74, 6) is 1.67. The molecular weight excluding hydrogens is 392 g/mol. The van der Waals surface area contributed by atoms with Crippen LogP contribution in [0.5, 0.6) is 5.75 Å². The minimum absolute atomic E-state index is 0.739. The van der Waals surface area contributed by atoms with Crippen LogP contribution in [-0.2, 0) is 13.0 Å². The number of ether oxygens (including phenoxy) is 1. The summed E-state index contributed by atoms with van der Waals surface area (Å²) in [6, 6.07) is 12.8. The summed E-state index contributed by atoms with van der Waals surface area (Å²) in [5.41, 5.74) is 2.69. The van der Waals surface area contributed by atoms with E-state index in [1.54, 1.807) is 18.4 Å². The van der Waals surface area contributed by atoms with Crippen molar-refractivity contribution in [2.24, 2.45) is 5.92 Å². The molecule has 0 saturated carbocycles. The topological polar surface area (TPSA) is 33.5 Å². The predicted octanol–water partition coefficient (Wildman–Crippen LogP) is 4.33. The van der Waals surface area contributed by atoms with E-state index < -0.39 is 0 Å². The Morgan fingerprint density at radius 3 is 2.87 bits per heavy atom. The van der Waals surface area contributed by atoms with Gasteiger partial charge in [0.2, 0.25) is 0 Å². The number of hydrogen-bond acceptors (Lipinski definition) is 5. The average molecular weight is 425 g/mol. The maximum Gasteiger partial charge on any atom is 0.193 e. The quantitative estimate of drug-likeness (QED) is 0.512. The second kappa shape index (κ2) is 10.2. The molecule has 6 heteroatoms. The smallest absolute Gasteiger partial charge is 0.193 e. The van der Waals surface area contributed by atoms with Gasteiger partial charge >= 0.3 is 0 Å². The van der Waals surface area contributed by atoms with Gasteiger partial charge < -0.3 is 14.5 Å². The van der Waals surface area contributed by atoms with Crippen LogP contribution in [0.3, 0.4) is 0 Å². The van der Waals surface area contributed by atoms with Crippen molar-refractivity contribution in [3.63, 3.8) is 0 Å². The van der Waals surface area contributed by atoms with E-state index in [4.69, 9.17) is 4.74 Å². The number of benzene rings is 1. The van der Waals surface area contributed by atoms with Crippen molar-refractivity contribution < 1.29 is 4.74 Å². The lowest BCUT2D eigenvalue weighted by atomic mass is 9.97. The Kier molecular flexibility index (Phi) is 7.20. The van der Waals surface area contributed by atoms with Gasteiger partial charge in [-0.2, -0.15) is 0 Å². The van der Waals surface area contributed by atoms with Gasteiger partial charge in [0.1, 0.15) is 5.75 Å². The Bertz CT molecular complexity index is 890. The Labute approximate surface area is 183 Å². The van der Waals surface area contributed by atoms with Crippen molar-refractivity contribution in [2.75, 3.05) is 40.3 Å². The largest absolute Gasteiger partial charge is 0.497 e. The van der Waals surface area contributed by atoms with Crippen molar-refractivity contribution in [3.05, 3.63) is 65.4 Å². The first-order valence-electron chi connectivity index (χ1n) is 10.8. The van der Waals surface area contributed by atoms with E-state index in [1.165, 1.54) is 37.2 Å². The van der Waals surface area contributed by atoms with Gasteiger partial charge in [0.25, 0.3) is 0 Å². The Morgan fingerprint density at radius 2 is 2.10 bits per heavy atom. The fraction of sp³-hybridized carbons (Fsp3) is 0.458. The van der Waals surface area contributed by atoms with Crippen molar-refractivity contribution in [1.29, 1.82) is 0 Å². The monoisotopic (exact) mass is 424 g/mol. The van der Waals surface area contributed by atoms with Crippen LogP contribution in [0, 0.1) is 5.92 Å². The molecule has 1 fully saturated rings. The lowest BCUT2D eigenvalue weighted by Gasteiger charge is -2.34. The molecule has 5 nitrogen and oxygen atoms in total. The molecule has 0 N–H and O–H groups in total. The normalized spacial score (nSPS) is 17.5. The maximum atomic E-state index is 5.26. The van der Waals surface area contributed by atoms with Gasteiger partial charge in [-0.1, -0.05) is 12.1 Å². The lowest BCUT2D eigenvalue weighted by molar-refractivity contribution is 0.141. The standard InChI is InChI=1S/C24H32N4OS/c1-26(19-22-6-4-14-28(22)24-25-12-16-30-24)17-21-5-3-13-27(18-21)15-11-20-7-9-23(29-2)10-8-20/h4,6-10,12,14,16,21H,3,5,11,13,15,17-19H2,1-2H3.